The summed E-state index contributed by atoms with van der Waals surface area (Å²) in [6, 6.07) is 2.38. The van der Waals surface area contributed by atoms with Crippen molar-refractivity contribution < 1.29 is 17.9 Å². The van der Waals surface area contributed by atoms with Gasteiger partial charge in [0.05, 0.1) is 22.1 Å². The van der Waals surface area contributed by atoms with Crippen molar-refractivity contribution in [3.8, 4) is 0 Å². The largest absolute Gasteiger partial charge is 0.462 e. The second-order valence-electron chi connectivity index (χ2n) is 3.34. The molecule has 18 heavy (non-hydrogen) atoms. The van der Waals surface area contributed by atoms with E-state index in [9.17, 15) is 13.2 Å². The fourth-order valence-corrected chi connectivity index (χ4v) is 3.71. The first-order chi connectivity index (χ1) is 8.27. The Bertz CT molecular complexity index is 571. The molecule has 1 aromatic carbocycles. The molecule has 0 unspecified atom stereocenters. The highest BCUT2D eigenvalue weighted by Gasteiger charge is 2.21. The Balaban J connectivity index is 3.26. The van der Waals surface area contributed by atoms with Crippen LogP contribution in [-0.4, -0.2) is 21.0 Å². The lowest BCUT2D eigenvalue weighted by Gasteiger charge is -2.08. The SMILES string of the molecule is CCCOC(=O)c1cc(S(=O)(=O)Cl)c(Br)cc1Cl. The smallest absolute Gasteiger partial charge is 0.339 e. The van der Waals surface area contributed by atoms with Crippen molar-refractivity contribution >= 4 is 53.2 Å². The zero-order chi connectivity index (χ0) is 13.9. The van der Waals surface area contributed by atoms with Crippen molar-refractivity contribution in [1.29, 1.82) is 0 Å². The average Bonchev–Trinajstić information content (AvgIpc) is 2.24. The van der Waals surface area contributed by atoms with Crippen LogP contribution in [0.25, 0.3) is 0 Å². The molecule has 8 heteroatoms. The Morgan fingerprint density at radius 2 is 2.06 bits per heavy atom. The van der Waals surface area contributed by atoms with Crippen LogP contribution in [0, 0.1) is 0 Å². The number of carbonyl (C=O) groups excluding carboxylic acids is 1. The van der Waals surface area contributed by atoms with E-state index in [1.807, 2.05) is 6.92 Å². The third-order valence-electron chi connectivity index (χ3n) is 1.94. The molecule has 0 spiro atoms. The van der Waals surface area contributed by atoms with Gasteiger partial charge in [-0.1, -0.05) is 18.5 Å². The summed E-state index contributed by atoms with van der Waals surface area (Å²) < 4.78 is 27.7. The van der Waals surface area contributed by atoms with Crippen LogP contribution in [-0.2, 0) is 13.8 Å². The van der Waals surface area contributed by atoms with Crippen LogP contribution < -0.4 is 0 Å². The van der Waals surface area contributed by atoms with Gasteiger partial charge in [0, 0.05) is 15.2 Å². The van der Waals surface area contributed by atoms with E-state index in [1.165, 1.54) is 6.07 Å². The Hall–Kier alpha value is -0.300. The minimum Gasteiger partial charge on any atom is -0.462 e. The quantitative estimate of drug-likeness (QED) is 0.595. The Labute approximate surface area is 123 Å². The molecule has 0 aliphatic heterocycles. The van der Waals surface area contributed by atoms with Gasteiger partial charge in [-0.15, -0.1) is 0 Å². The highest BCUT2D eigenvalue weighted by molar-refractivity contribution is 9.10. The third-order valence-corrected chi connectivity index (χ3v) is 4.53. The summed E-state index contributed by atoms with van der Waals surface area (Å²) in [5, 5.41) is 0.0899. The fourth-order valence-electron chi connectivity index (χ4n) is 1.14. The molecular formula is C10H9BrCl2O4S. The van der Waals surface area contributed by atoms with Gasteiger partial charge in [0.1, 0.15) is 0 Å². The van der Waals surface area contributed by atoms with Gasteiger partial charge in [-0.3, -0.25) is 0 Å². The number of benzene rings is 1. The maximum absolute atomic E-state index is 11.7. The van der Waals surface area contributed by atoms with Gasteiger partial charge < -0.3 is 4.74 Å². The number of esters is 1. The summed E-state index contributed by atoms with van der Waals surface area (Å²) in [7, 11) is 1.28. The Kier molecular flexibility index (Phi) is 5.46. The molecule has 0 saturated heterocycles. The van der Waals surface area contributed by atoms with E-state index < -0.39 is 15.0 Å². The molecule has 4 nitrogen and oxygen atoms in total. The van der Waals surface area contributed by atoms with Gasteiger partial charge in [0.15, 0.2) is 0 Å². The lowest BCUT2D eigenvalue weighted by molar-refractivity contribution is 0.0505. The molecule has 0 aromatic heterocycles. The molecule has 0 atom stereocenters. The van der Waals surface area contributed by atoms with E-state index >= 15 is 0 Å². The predicted molar refractivity (Wildman–Crippen MR) is 72.8 cm³/mol. The first-order valence-corrected chi connectivity index (χ1v) is 8.36. The zero-order valence-corrected chi connectivity index (χ0v) is 13.2. The standard InChI is InChI=1S/C10H9BrCl2O4S/c1-2-3-17-10(14)6-4-9(18(13,15)16)7(11)5-8(6)12/h4-5H,2-3H2,1H3. The second kappa shape index (κ2) is 6.23. The fraction of sp³-hybridized carbons (Fsp3) is 0.300. The van der Waals surface area contributed by atoms with Crippen LogP contribution >= 0.6 is 38.2 Å². The monoisotopic (exact) mass is 374 g/mol. The van der Waals surface area contributed by atoms with Crippen molar-refractivity contribution in [3.63, 3.8) is 0 Å². The first-order valence-electron chi connectivity index (χ1n) is 4.88. The van der Waals surface area contributed by atoms with Gasteiger partial charge in [0.2, 0.25) is 0 Å². The number of hydrogen-bond donors (Lipinski definition) is 0. The topological polar surface area (TPSA) is 60.4 Å². The van der Waals surface area contributed by atoms with E-state index in [0.29, 0.717) is 6.42 Å². The van der Waals surface area contributed by atoms with Gasteiger partial charge in [-0.25, -0.2) is 13.2 Å². The maximum Gasteiger partial charge on any atom is 0.339 e. The molecular weight excluding hydrogens is 367 g/mol. The van der Waals surface area contributed by atoms with Crippen LogP contribution in [0.3, 0.4) is 0 Å². The summed E-state index contributed by atoms with van der Waals surface area (Å²) in [6.45, 7) is 2.07. The number of rotatable bonds is 4. The summed E-state index contributed by atoms with van der Waals surface area (Å²) in [5.41, 5.74) is -0.0347. The van der Waals surface area contributed by atoms with E-state index in [0.717, 1.165) is 6.07 Å². The number of carbonyl (C=O) groups is 1. The van der Waals surface area contributed by atoms with E-state index in [2.05, 4.69) is 15.9 Å². The molecule has 0 aliphatic rings. The minimum absolute atomic E-state index is 0.0347. The molecule has 0 amide bonds. The summed E-state index contributed by atoms with van der Waals surface area (Å²) in [4.78, 5) is 11.4. The van der Waals surface area contributed by atoms with Crippen molar-refractivity contribution in [1.82, 2.24) is 0 Å². The molecule has 1 rings (SSSR count). The van der Waals surface area contributed by atoms with E-state index in [-0.39, 0.29) is 26.6 Å². The number of hydrogen-bond acceptors (Lipinski definition) is 4. The maximum atomic E-state index is 11.7. The van der Waals surface area contributed by atoms with Crippen molar-refractivity contribution in [3.05, 3.63) is 27.2 Å². The number of halogens is 3. The normalized spacial score (nSPS) is 11.3. The highest BCUT2D eigenvalue weighted by atomic mass is 79.9. The van der Waals surface area contributed by atoms with Gasteiger partial charge >= 0.3 is 5.97 Å². The Morgan fingerprint density at radius 1 is 1.44 bits per heavy atom. The zero-order valence-electron chi connectivity index (χ0n) is 9.24. The van der Waals surface area contributed by atoms with Crippen molar-refractivity contribution in [2.75, 3.05) is 6.61 Å². The van der Waals surface area contributed by atoms with Crippen LogP contribution in [0.15, 0.2) is 21.5 Å². The molecule has 1 aromatic rings. The van der Waals surface area contributed by atoms with Gasteiger partial charge in [-0.2, -0.15) is 0 Å². The molecule has 0 fully saturated rings. The van der Waals surface area contributed by atoms with Crippen LogP contribution in [0.2, 0.25) is 5.02 Å². The van der Waals surface area contributed by atoms with Gasteiger partial charge in [0.25, 0.3) is 9.05 Å². The molecule has 0 heterocycles. The summed E-state index contributed by atoms with van der Waals surface area (Å²) in [5.74, 6) is -0.684. The van der Waals surface area contributed by atoms with E-state index in [4.69, 9.17) is 27.0 Å². The minimum atomic E-state index is -3.97. The molecule has 100 valence electrons. The Morgan fingerprint density at radius 3 is 2.56 bits per heavy atom. The number of ether oxygens (including phenoxy) is 1. The predicted octanol–water partition coefficient (Wildman–Crippen LogP) is 3.60. The molecule has 0 aliphatic carbocycles. The van der Waals surface area contributed by atoms with Gasteiger partial charge in [-0.05, 0) is 34.5 Å². The molecule has 0 bridgehead atoms. The lowest BCUT2D eigenvalue weighted by atomic mass is 10.2. The lowest BCUT2D eigenvalue weighted by Crippen LogP contribution is -2.08. The average molecular weight is 376 g/mol. The van der Waals surface area contributed by atoms with E-state index in [1.54, 1.807) is 0 Å². The van der Waals surface area contributed by atoms with Crippen molar-refractivity contribution in [2.45, 2.75) is 18.2 Å². The highest BCUT2D eigenvalue weighted by Crippen LogP contribution is 2.31. The third kappa shape index (κ3) is 3.85. The van der Waals surface area contributed by atoms with Crippen molar-refractivity contribution in [2.24, 2.45) is 0 Å². The molecule has 0 saturated carbocycles. The second-order valence-corrected chi connectivity index (χ2v) is 7.13. The first kappa shape index (κ1) is 15.8. The molecule has 0 radical (unpaired) electrons. The van der Waals surface area contributed by atoms with Crippen LogP contribution in [0.4, 0.5) is 0 Å². The van der Waals surface area contributed by atoms with Crippen LogP contribution in [0.1, 0.15) is 23.7 Å². The summed E-state index contributed by atoms with van der Waals surface area (Å²) >= 11 is 8.88. The summed E-state index contributed by atoms with van der Waals surface area (Å²) in [6.07, 6.45) is 0.653. The van der Waals surface area contributed by atoms with Crippen LogP contribution in [0.5, 0.6) is 0 Å². The molecule has 0 N–H and O–H groups in total.